The Balaban J connectivity index is 2.55. The van der Waals surface area contributed by atoms with Crippen LogP contribution in [0.1, 0.15) is 20.3 Å². The summed E-state index contributed by atoms with van der Waals surface area (Å²) < 4.78 is 50.1. The molecule has 2 N–H and O–H groups in total. The fraction of sp³-hybridized carbons (Fsp3) is 0.538. The van der Waals surface area contributed by atoms with E-state index in [1.54, 1.807) is 0 Å². The van der Waals surface area contributed by atoms with Crippen LogP contribution in [0.2, 0.25) is 0 Å². The van der Waals surface area contributed by atoms with Crippen molar-refractivity contribution in [3.63, 3.8) is 0 Å². The summed E-state index contributed by atoms with van der Waals surface area (Å²) in [5, 5.41) is 0. The molecule has 1 aliphatic rings. The monoisotopic (exact) mass is 332 g/mol. The molecule has 1 fully saturated rings. The molecular formula is C13H20N2O4S2. The molecule has 2 rings (SSSR count). The Hall–Kier alpha value is -1.12. The van der Waals surface area contributed by atoms with Gasteiger partial charge in [-0.05, 0) is 37.5 Å². The van der Waals surface area contributed by atoms with E-state index in [0.29, 0.717) is 6.54 Å². The molecule has 0 amide bonds. The quantitative estimate of drug-likeness (QED) is 0.836. The predicted molar refractivity (Wildman–Crippen MR) is 81.1 cm³/mol. The van der Waals surface area contributed by atoms with Crippen LogP contribution in [-0.2, 0) is 19.9 Å². The Labute approximate surface area is 125 Å². The lowest BCUT2D eigenvalue weighted by molar-refractivity contribution is 0.405. The van der Waals surface area contributed by atoms with Gasteiger partial charge in [0.2, 0.25) is 10.0 Å². The highest BCUT2D eigenvalue weighted by molar-refractivity contribution is 7.91. The Bertz CT molecular complexity index is 756. The molecule has 0 radical (unpaired) electrons. The third-order valence-electron chi connectivity index (χ3n) is 3.73. The van der Waals surface area contributed by atoms with Crippen molar-refractivity contribution in [3.8, 4) is 0 Å². The maximum absolute atomic E-state index is 12.7. The van der Waals surface area contributed by atoms with Crippen molar-refractivity contribution in [2.45, 2.75) is 36.1 Å². The maximum Gasteiger partial charge on any atom is 0.245 e. The molecule has 6 nitrogen and oxygen atoms in total. The molecule has 0 bridgehead atoms. The fourth-order valence-electron chi connectivity index (χ4n) is 2.69. The average molecular weight is 332 g/mol. The summed E-state index contributed by atoms with van der Waals surface area (Å²) in [6.45, 7) is 4.26. The van der Waals surface area contributed by atoms with Crippen LogP contribution in [0.3, 0.4) is 0 Å². The van der Waals surface area contributed by atoms with Gasteiger partial charge in [-0.2, -0.15) is 4.31 Å². The summed E-state index contributed by atoms with van der Waals surface area (Å²) in [6, 6.07) is 3.68. The number of hydrogen-bond donors (Lipinski definition) is 1. The Morgan fingerprint density at radius 1 is 1.19 bits per heavy atom. The highest BCUT2D eigenvalue weighted by Crippen LogP contribution is 2.32. The van der Waals surface area contributed by atoms with E-state index in [4.69, 9.17) is 5.73 Å². The molecule has 21 heavy (non-hydrogen) atoms. The first-order chi connectivity index (χ1) is 9.53. The second-order valence-electron chi connectivity index (χ2n) is 5.74. The van der Waals surface area contributed by atoms with Crippen molar-refractivity contribution in [3.05, 3.63) is 18.2 Å². The SMILES string of the molecule is CC1CC(C)N(S(=O)(=O)c2cc(S(C)(=O)=O)ccc2N)C1. The summed E-state index contributed by atoms with van der Waals surface area (Å²) in [4.78, 5) is -0.179. The number of nitrogen functional groups attached to an aromatic ring is 1. The molecule has 118 valence electrons. The lowest BCUT2D eigenvalue weighted by atomic mass is 10.1. The standard InChI is InChI=1S/C13H20N2O4S2/c1-9-6-10(2)15(8-9)21(18,19)13-7-11(20(3,16)17)4-5-12(13)14/h4-5,7,9-10H,6,8,14H2,1-3H3. The largest absolute Gasteiger partial charge is 0.398 e. The Kier molecular flexibility index (Phi) is 4.07. The van der Waals surface area contributed by atoms with E-state index in [2.05, 4.69) is 0 Å². The summed E-state index contributed by atoms with van der Waals surface area (Å²) in [5.74, 6) is 0.272. The molecule has 0 spiro atoms. The van der Waals surface area contributed by atoms with Gasteiger partial charge >= 0.3 is 0 Å². The molecule has 1 saturated heterocycles. The van der Waals surface area contributed by atoms with Crippen LogP contribution in [0, 0.1) is 5.92 Å². The van der Waals surface area contributed by atoms with Gasteiger partial charge in [0.15, 0.2) is 9.84 Å². The third-order valence-corrected chi connectivity index (χ3v) is 6.87. The number of anilines is 1. The van der Waals surface area contributed by atoms with Gasteiger partial charge < -0.3 is 5.73 Å². The molecule has 1 aromatic carbocycles. The Morgan fingerprint density at radius 3 is 2.29 bits per heavy atom. The van der Waals surface area contributed by atoms with E-state index in [-0.39, 0.29) is 27.4 Å². The topological polar surface area (TPSA) is 97.5 Å². The lowest BCUT2D eigenvalue weighted by Gasteiger charge is -2.22. The minimum Gasteiger partial charge on any atom is -0.398 e. The zero-order valence-electron chi connectivity index (χ0n) is 12.3. The molecular weight excluding hydrogens is 312 g/mol. The number of nitrogens with two attached hydrogens (primary N) is 1. The van der Waals surface area contributed by atoms with Gasteiger partial charge in [-0.3, -0.25) is 0 Å². The molecule has 2 unspecified atom stereocenters. The zero-order valence-corrected chi connectivity index (χ0v) is 13.9. The molecule has 1 aromatic rings. The minimum absolute atomic E-state index is 0.0461. The lowest BCUT2D eigenvalue weighted by Crippen LogP contribution is -2.34. The summed E-state index contributed by atoms with van der Waals surface area (Å²) in [7, 11) is -7.28. The second kappa shape index (κ2) is 5.26. The molecule has 1 aliphatic heterocycles. The number of nitrogens with zero attached hydrogens (tertiary/aromatic N) is 1. The minimum atomic E-state index is -3.79. The van der Waals surface area contributed by atoms with Crippen LogP contribution in [0.15, 0.2) is 28.0 Å². The number of sulfonamides is 1. The van der Waals surface area contributed by atoms with E-state index in [1.165, 1.54) is 16.4 Å². The van der Waals surface area contributed by atoms with Crippen molar-refractivity contribution in [2.24, 2.45) is 5.92 Å². The molecule has 8 heteroatoms. The second-order valence-corrected chi connectivity index (χ2v) is 9.61. The molecule has 0 aromatic heterocycles. The number of sulfone groups is 1. The van der Waals surface area contributed by atoms with E-state index < -0.39 is 19.9 Å². The van der Waals surface area contributed by atoms with E-state index >= 15 is 0 Å². The average Bonchev–Trinajstić information content (AvgIpc) is 2.68. The first-order valence-electron chi connectivity index (χ1n) is 6.65. The zero-order chi connectivity index (χ0) is 16.0. The highest BCUT2D eigenvalue weighted by atomic mass is 32.2. The number of rotatable bonds is 3. The van der Waals surface area contributed by atoms with Gasteiger partial charge in [0.05, 0.1) is 10.6 Å². The van der Waals surface area contributed by atoms with E-state index in [1.807, 2.05) is 13.8 Å². The van der Waals surface area contributed by atoms with Gasteiger partial charge in [-0.25, -0.2) is 16.8 Å². The van der Waals surface area contributed by atoms with Crippen molar-refractivity contribution >= 4 is 25.5 Å². The summed E-state index contributed by atoms with van der Waals surface area (Å²) in [5.41, 5.74) is 5.83. The van der Waals surface area contributed by atoms with Crippen molar-refractivity contribution in [1.82, 2.24) is 4.31 Å². The van der Waals surface area contributed by atoms with Crippen LogP contribution < -0.4 is 5.73 Å². The number of benzene rings is 1. The molecule has 2 atom stereocenters. The molecule has 1 heterocycles. The first-order valence-corrected chi connectivity index (χ1v) is 9.98. The van der Waals surface area contributed by atoms with Gasteiger partial charge in [0, 0.05) is 18.8 Å². The highest BCUT2D eigenvalue weighted by Gasteiger charge is 2.37. The van der Waals surface area contributed by atoms with Gasteiger partial charge in [0.1, 0.15) is 4.90 Å². The van der Waals surface area contributed by atoms with Crippen LogP contribution in [0.4, 0.5) is 5.69 Å². The third kappa shape index (κ3) is 3.07. The van der Waals surface area contributed by atoms with Gasteiger partial charge in [-0.1, -0.05) is 6.92 Å². The smallest absolute Gasteiger partial charge is 0.245 e. The summed E-state index contributed by atoms with van der Waals surface area (Å²) >= 11 is 0. The number of hydrogen-bond acceptors (Lipinski definition) is 5. The normalized spacial score (nSPS) is 24.3. The van der Waals surface area contributed by atoms with Crippen LogP contribution in [-0.4, -0.2) is 40.0 Å². The first kappa shape index (κ1) is 16.3. The molecule has 0 saturated carbocycles. The summed E-state index contributed by atoms with van der Waals surface area (Å²) in [6.07, 6.45) is 1.82. The van der Waals surface area contributed by atoms with Crippen LogP contribution in [0.5, 0.6) is 0 Å². The van der Waals surface area contributed by atoms with Gasteiger partial charge in [-0.15, -0.1) is 0 Å². The predicted octanol–water partition coefficient (Wildman–Crippen LogP) is 1.09. The fourth-order valence-corrected chi connectivity index (χ4v) is 5.32. The maximum atomic E-state index is 12.7. The van der Waals surface area contributed by atoms with Crippen molar-refractivity contribution < 1.29 is 16.8 Å². The Morgan fingerprint density at radius 2 is 1.81 bits per heavy atom. The van der Waals surface area contributed by atoms with E-state index in [0.717, 1.165) is 18.7 Å². The molecule has 0 aliphatic carbocycles. The van der Waals surface area contributed by atoms with Crippen molar-refractivity contribution in [2.75, 3.05) is 18.5 Å². The van der Waals surface area contributed by atoms with Crippen LogP contribution in [0.25, 0.3) is 0 Å². The van der Waals surface area contributed by atoms with Crippen molar-refractivity contribution in [1.29, 1.82) is 0 Å². The van der Waals surface area contributed by atoms with Gasteiger partial charge in [0.25, 0.3) is 0 Å². The van der Waals surface area contributed by atoms with Crippen LogP contribution >= 0.6 is 0 Å². The van der Waals surface area contributed by atoms with E-state index in [9.17, 15) is 16.8 Å².